The molecule has 0 atom stereocenters. The van der Waals surface area contributed by atoms with E-state index in [0.29, 0.717) is 33.0 Å². The third kappa shape index (κ3) is 6.47. The fourth-order valence-electron chi connectivity index (χ4n) is 3.73. The minimum atomic E-state index is -0.603. The molecule has 1 N–H and O–H groups in total. The Bertz CT molecular complexity index is 814. The molecule has 6 heteroatoms. The van der Waals surface area contributed by atoms with E-state index in [1.165, 1.54) is 0 Å². The number of H-pyrrole nitrogens is 1. The molecule has 0 saturated carbocycles. The van der Waals surface area contributed by atoms with Gasteiger partial charge in [0.05, 0.1) is 31.8 Å². The van der Waals surface area contributed by atoms with Crippen molar-refractivity contribution in [1.29, 1.82) is 0 Å². The molecule has 1 aromatic heterocycles. The molecule has 2 aromatic rings. The van der Waals surface area contributed by atoms with Gasteiger partial charge in [0.15, 0.2) is 0 Å². The van der Waals surface area contributed by atoms with Gasteiger partial charge in [-0.15, -0.1) is 0 Å². The van der Waals surface area contributed by atoms with Crippen molar-refractivity contribution in [2.75, 3.05) is 39.6 Å². The van der Waals surface area contributed by atoms with Gasteiger partial charge >= 0.3 is 5.97 Å². The highest BCUT2D eigenvalue weighted by molar-refractivity contribution is 5.80. The topological polar surface area (TPSA) is 69.8 Å². The lowest BCUT2D eigenvalue weighted by Crippen LogP contribution is -2.51. The summed E-state index contributed by atoms with van der Waals surface area (Å²) < 4.78 is 22.3. The molecule has 174 valence electrons. The summed E-state index contributed by atoms with van der Waals surface area (Å²) in [7, 11) is 0. The zero-order valence-electron chi connectivity index (χ0n) is 20.2. The van der Waals surface area contributed by atoms with Crippen LogP contribution in [0.5, 0.6) is 5.75 Å². The second-order valence-corrected chi connectivity index (χ2v) is 10.1. The Labute approximate surface area is 186 Å². The predicted octanol–water partition coefficient (Wildman–Crippen LogP) is 5.22. The lowest BCUT2D eigenvalue weighted by atomic mass is 9.55. The largest absolute Gasteiger partial charge is 0.491 e. The van der Waals surface area contributed by atoms with Crippen molar-refractivity contribution >= 4 is 16.9 Å². The second-order valence-electron chi connectivity index (χ2n) is 10.1. The molecule has 0 bridgehead atoms. The first kappa shape index (κ1) is 25.2. The number of nitrogens with one attached hydrogen (secondary N) is 1. The van der Waals surface area contributed by atoms with E-state index in [1.54, 1.807) is 0 Å². The van der Waals surface area contributed by atoms with Crippen LogP contribution in [0.25, 0.3) is 10.9 Å². The molecule has 6 nitrogen and oxygen atoms in total. The maximum Gasteiger partial charge on any atom is 0.312 e. The van der Waals surface area contributed by atoms with E-state index in [4.69, 9.17) is 18.9 Å². The second kappa shape index (κ2) is 10.5. The Kier molecular flexibility index (Phi) is 8.55. The number of aromatic nitrogens is 1. The van der Waals surface area contributed by atoms with Crippen LogP contribution in [0.1, 0.15) is 48.5 Å². The van der Waals surface area contributed by atoms with E-state index >= 15 is 0 Å². The summed E-state index contributed by atoms with van der Waals surface area (Å²) in [6.07, 6.45) is 1.91. The molecule has 0 fully saturated rings. The van der Waals surface area contributed by atoms with Crippen LogP contribution in [0.4, 0.5) is 0 Å². The average molecular weight is 434 g/mol. The summed E-state index contributed by atoms with van der Waals surface area (Å²) in [5.41, 5.74) is 0.0189. The smallest absolute Gasteiger partial charge is 0.312 e. The first-order valence-corrected chi connectivity index (χ1v) is 11.0. The van der Waals surface area contributed by atoms with Crippen molar-refractivity contribution in [2.45, 2.75) is 48.5 Å². The van der Waals surface area contributed by atoms with Crippen molar-refractivity contribution in [3.63, 3.8) is 0 Å². The minimum absolute atomic E-state index is 0.179. The summed E-state index contributed by atoms with van der Waals surface area (Å²) in [6, 6.07) is 7.97. The van der Waals surface area contributed by atoms with E-state index in [0.717, 1.165) is 16.7 Å². The normalized spacial score (nSPS) is 12.9. The molecular weight excluding hydrogens is 394 g/mol. The van der Waals surface area contributed by atoms with Crippen LogP contribution in [-0.4, -0.2) is 50.6 Å². The molecule has 0 aliphatic rings. The van der Waals surface area contributed by atoms with Gasteiger partial charge in [-0.25, -0.2) is 0 Å². The number of ether oxygens (including phenoxy) is 4. The zero-order valence-corrected chi connectivity index (χ0v) is 20.2. The highest BCUT2D eigenvalue weighted by Crippen LogP contribution is 2.52. The summed E-state index contributed by atoms with van der Waals surface area (Å²) >= 11 is 0. The lowest BCUT2D eigenvalue weighted by molar-refractivity contribution is -0.174. The maximum absolute atomic E-state index is 12.8. The van der Waals surface area contributed by atoms with Crippen LogP contribution in [0.2, 0.25) is 0 Å². The van der Waals surface area contributed by atoms with E-state index in [9.17, 15) is 4.79 Å². The Balaban J connectivity index is 1.56. The molecule has 0 radical (unpaired) electrons. The highest BCUT2D eigenvalue weighted by atomic mass is 16.6. The number of hydrogen-bond acceptors (Lipinski definition) is 5. The Morgan fingerprint density at radius 2 is 1.39 bits per heavy atom. The van der Waals surface area contributed by atoms with Crippen molar-refractivity contribution in [3.05, 3.63) is 30.5 Å². The van der Waals surface area contributed by atoms with Crippen LogP contribution < -0.4 is 4.74 Å². The monoisotopic (exact) mass is 433 g/mol. The number of esters is 1. The molecule has 0 saturated heterocycles. The zero-order chi connectivity index (χ0) is 23.1. The van der Waals surface area contributed by atoms with Crippen LogP contribution >= 0.6 is 0 Å². The van der Waals surface area contributed by atoms with Gasteiger partial charge in [0, 0.05) is 17.8 Å². The Morgan fingerprint density at radius 1 is 0.806 bits per heavy atom. The molecule has 0 amide bonds. The van der Waals surface area contributed by atoms with Gasteiger partial charge in [-0.3, -0.25) is 4.79 Å². The van der Waals surface area contributed by atoms with E-state index in [2.05, 4.69) is 46.5 Å². The van der Waals surface area contributed by atoms with Gasteiger partial charge in [0.2, 0.25) is 0 Å². The number of hydrogen-bond donors (Lipinski definition) is 1. The Hall–Kier alpha value is -2.05. The van der Waals surface area contributed by atoms with E-state index in [1.807, 2.05) is 37.4 Å². The molecule has 31 heavy (non-hydrogen) atoms. The highest BCUT2D eigenvalue weighted by Gasteiger charge is 2.53. The maximum atomic E-state index is 12.8. The number of fused-ring (bicyclic) bond motifs is 1. The molecule has 1 aromatic carbocycles. The molecule has 0 aliphatic heterocycles. The van der Waals surface area contributed by atoms with Crippen molar-refractivity contribution in [3.8, 4) is 5.75 Å². The van der Waals surface area contributed by atoms with Gasteiger partial charge in [0.1, 0.15) is 19.0 Å². The number of carbonyl (C=O) groups excluding carboxylic acids is 1. The van der Waals surface area contributed by atoms with Gasteiger partial charge in [-0.1, -0.05) is 41.5 Å². The number of rotatable bonds is 11. The first-order chi connectivity index (χ1) is 14.5. The van der Waals surface area contributed by atoms with E-state index < -0.39 is 5.41 Å². The molecule has 0 aliphatic carbocycles. The summed E-state index contributed by atoms with van der Waals surface area (Å²) in [5.74, 6) is 0.635. The lowest BCUT2D eigenvalue weighted by Gasteiger charge is -2.48. The Morgan fingerprint density at radius 3 is 2.00 bits per heavy atom. The molecule has 2 rings (SSSR count). The predicted molar refractivity (Wildman–Crippen MR) is 123 cm³/mol. The fourth-order valence-corrected chi connectivity index (χ4v) is 3.73. The summed E-state index contributed by atoms with van der Waals surface area (Å²) in [5, 5.41) is 1.16. The fraction of sp³-hybridized carbons (Fsp3) is 0.640. The van der Waals surface area contributed by atoms with Gasteiger partial charge in [0.25, 0.3) is 0 Å². The summed E-state index contributed by atoms with van der Waals surface area (Å²) in [6.45, 7) is 16.9. The molecule has 0 unspecified atom stereocenters. The van der Waals surface area contributed by atoms with Crippen molar-refractivity contribution in [2.24, 2.45) is 16.2 Å². The number of carbonyl (C=O) groups is 1. The molecule has 1 heterocycles. The van der Waals surface area contributed by atoms with Gasteiger partial charge in [-0.2, -0.15) is 0 Å². The quantitative estimate of drug-likeness (QED) is 0.388. The number of aromatic amines is 1. The SMILES string of the molecule is CC(C)(C)C(C)(C(=O)OCCOCCOCCOc1ccc2cc[nH]c2c1)C(C)(C)C. The van der Waals surface area contributed by atoms with Gasteiger partial charge < -0.3 is 23.9 Å². The van der Waals surface area contributed by atoms with Crippen LogP contribution in [-0.2, 0) is 19.0 Å². The van der Waals surface area contributed by atoms with Crippen molar-refractivity contribution in [1.82, 2.24) is 4.98 Å². The summed E-state index contributed by atoms with van der Waals surface area (Å²) in [4.78, 5) is 16.0. The minimum Gasteiger partial charge on any atom is -0.491 e. The average Bonchev–Trinajstić information content (AvgIpc) is 3.14. The van der Waals surface area contributed by atoms with Crippen LogP contribution in [0, 0.1) is 16.2 Å². The van der Waals surface area contributed by atoms with Crippen molar-refractivity contribution < 1.29 is 23.7 Å². The molecular formula is C25H39NO5. The van der Waals surface area contributed by atoms with Crippen LogP contribution in [0.3, 0.4) is 0 Å². The first-order valence-electron chi connectivity index (χ1n) is 11.0. The number of benzene rings is 1. The molecule has 0 spiro atoms. The standard InChI is InChI=1S/C25H39NO5/c1-23(2,3)25(7,24(4,5)6)22(27)31-17-15-29-13-12-28-14-16-30-20-9-8-19-10-11-26-21(19)18-20/h8-11,18,26H,12-17H2,1-7H3. The van der Waals surface area contributed by atoms with Crippen LogP contribution in [0.15, 0.2) is 30.5 Å². The third-order valence-corrected chi connectivity index (χ3v) is 6.26. The van der Waals surface area contributed by atoms with E-state index in [-0.39, 0.29) is 23.4 Å². The van der Waals surface area contributed by atoms with Gasteiger partial charge in [-0.05, 0) is 41.3 Å². The third-order valence-electron chi connectivity index (χ3n) is 6.26.